The lowest BCUT2D eigenvalue weighted by molar-refractivity contribution is -0.135. The van der Waals surface area contributed by atoms with Crippen LogP contribution < -0.4 is 0 Å². The Morgan fingerprint density at radius 3 is 2.38 bits per heavy atom. The van der Waals surface area contributed by atoms with Crippen molar-refractivity contribution in [2.75, 3.05) is 0 Å². The van der Waals surface area contributed by atoms with Gasteiger partial charge in [-0.15, -0.1) is 11.6 Å². The first kappa shape index (κ1) is 13.4. The molecule has 0 spiro atoms. The van der Waals surface area contributed by atoms with Crippen LogP contribution in [0.1, 0.15) is 34.9 Å². The van der Waals surface area contributed by atoms with Crippen molar-refractivity contribution in [3.05, 3.63) is 34.9 Å². The fraction of sp³-hybridized carbons (Fsp3) is 0.500. The first-order chi connectivity index (χ1) is 7.29. The van der Waals surface area contributed by atoms with Crippen LogP contribution in [0.25, 0.3) is 0 Å². The van der Waals surface area contributed by atoms with Gasteiger partial charge in [-0.3, -0.25) is 0 Å². The van der Waals surface area contributed by atoms with Crippen LogP contribution in [0.15, 0.2) is 18.2 Å². The average molecular weight is 251 g/mol. The molecule has 0 aromatic heterocycles. The maximum absolute atomic E-state index is 12.0. The lowest BCUT2D eigenvalue weighted by Gasteiger charge is -2.14. The molecule has 4 heteroatoms. The van der Waals surface area contributed by atoms with Crippen LogP contribution in [-0.2, 0) is 0 Å². The molecule has 0 nitrogen and oxygen atoms in total. The topological polar surface area (TPSA) is 0 Å². The highest BCUT2D eigenvalue weighted by molar-refractivity contribution is 6.20. The average Bonchev–Trinajstić information content (AvgIpc) is 2.13. The molecule has 0 bridgehead atoms. The van der Waals surface area contributed by atoms with Gasteiger partial charge >= 0.3 is 6.18 Å². The molecule has 0 amide bonds. The van der Waals surface area contributed by atoms with Crippen molar-refractivity contribution in [2.24, 2.45) is 0 Å². The zero-order valence-corrected chi connectivity index (χ0v) is 9.99. The first-order valence-electron chi connectivity index (χ1n) is 5.07. The molecule has 0 radical (unpaired) electrons. The van der Waals surface area contributed by atoms with Crippen LogP contribution in [0.2, 0.25) is 0 Å². The molecule has 0 fully saturated rings. The van der Waals surface area contributed by atoms with Crippen LogP contribution in [0.4, 0.5) is 13.2 Å². The Labute approximate surface area is 98.4 Å². The summed E-state index contributed by atoms with van der Waals surface area (Å²) >= 11 is 5.97. The fourth-order valence-corrected chi connectivity index (χ4v) is 1.98. The van der Waals surface area contributed by atoms with E-state index in [0.29, 0.717) is 0 Å². The van der Waals surface area contributed by atoms with Crippen LogP contribution >= 0.6 is 11.6 Å². The summed E-state index contributed by atoms with van der Waals surface area (Å²) in [5, 5.41) is -0.567. The Hall–Kier alpha value is -0.700. The lowest BCUT2D eigenvalue weighted by atomic mass is 10.0. The maximum atomic E-state index is 12.0. The van der Waals surface area contributed by atoms with Crippen LogP contribution in [0.5, 0.6) is 0 Å². The Morgan fingerprint density at radius 1 is 1.25 bits per heavy atom. The van der Waals surface area contributed by atoms with Gasteiger partial charge in [0.1, 0.15) is 0 Å². The molecule has 0 saturated heterocycles. The van der Waals surface area contributed by atoms with Crippen molar-refractivity contribution in [3.63, 3.8) is 0 Å². The van der Waals surface area contributed by atoms with E-state index in [1.54, 1.807) is 6.07 Å². The summed E-state index contributed by atoms with van der Waals surface area (Å²) in [5.74, 6) is 0. The molecule has 90 valence electrons. The quantitative estimate of drug-likeness (QED) is 0.668. The summed E-state index contributed by atoms with van der Waals surface area (Å²) in [6.07, 6.45) is -5.05. The number of hydrogen-bond donors (Lipinski definition) is 0. The number of benzene rings is 1. The van der Waals surface area contributed by atoms with Gasteiger partial charge in [0.2, 0.25) is 0 Å². The normalized spacial score (nSPS) is 13.9. The zero-order valence-electron chi connectivity index (χ0n) is 9.24. The third-order valence-corrected chi connectivity index (χ3v) is 2.90. The molecule has 1 aromatic carbocycles. The monoisotopic (exact) mass is 250 g/mol. The van der Waals surface area contributed by atoms with Gasteiger partial charge in [-0.2, -0.15) is 13.2 Å². The summed E-state index contributed by atoms with van der Waals surface area (Å²) in [4.78, 5) is 0. The van der Waals surface area contributed by atoms with Gasteiger partial charge in [0.15, 0.2) is 0 Å². The van der Waals surface area contributed by atoms with E-state index in [9.17, 15) is 13.2 Å². The third-order valence-electron chi connectivity index (χ3n) is 2.44. The molecule has 1 unspecified atom stereocenters. The molecule has 1 atom stereocenters. The summed E-state index contributed by atoms with van der Waals surface area (Å²) in [5.41, 5.74) is 2.82. The molecular weight excluding hydrogens is 237 g/mol. The Bertz CT molecular complexity index is 358. The van der Waals surface area contributed by atoms with E-state index < -0.39 is 18.0 Å². The number of hydrogen-bond acceptors (Lipinski definition) is 0. The first-order valence-corrected chi connectivity index (χ1v) is 5.51. The molecule has 1 rings (SSSR count). The van der Waals surface area contributed by atoms with Crippen molar-refractivity contribution >= 4 is 11.6 Å². The van der Waals surface area contributed by atoms with Crippen molar-refractivity contribution in [1.82, 2.24) is 0 Å². The van der Waals surface area contributed by atoms with Crippen molar-refractivity contribution < 1.29 is 13.2 Å². The molecule has 1 aromatic rings. The molecule has 0 aliphatic carbocycles. The minimum atomic E-state index is -4.13. The standard InChI is InChI=1S/C12H14ClF3/c1-8-3-4-10(9(2)7-8)11(13)5-6-12(14,15)16/h3-4,7,11H,5-6H2,1-2H3. The number of alkyl halides is 4. The third kappa shape index (κ3) is 4.05. The highest BCUT2D eigenvalue weighted by Crippen LogP contribution is 2.33. The number of aryl methyl sites for hydroxylation is 2. The number of rotatable bonds is 3. The molecule has 0 heterocycles. The molecule has 0 aliphatic rings. The van der Waals surface area contributed by atoms with Gasteiger partial charge < -0.3 is 0 Å². The summed E-state index contributed by atoms with van der Waals surface area (Å²) in [6.45, 7) is 3.81. The predicted octanol–water partition coefficient (Wildman–Crippen LogP) is 4.93. The Morgan fingerprint density at radius 2 is 1.88 bits per heavy atom. The van der Waals surface area contributed by atoms with Crippen LogP contribution in [0.3, 0.4) is 0 Å². The van der Waals surface area contributed by atoms with E-state index in [1.807, 2.05) is 26.0 Å². The van der Waals surface area contributed by atoms with Crippen molar-refractivity contribution in [2.45, 2.75) is 38.2 Å². The van der Waals surface area contributed by atoms with E-state index in [1.165, 1.54) is 0 Å². The fourth-order valence-electron chi connectivity index (χ4n) is 1.62. The molecule has 0 saturated carbocycles. The number of halogens is 4. The highest BCUT2D eigenvalue weighted by atomic mass is 35.5. The summed E-state index contributed by atoms with van der Waals surface area (Å²) in [6, 6.07) is 5.60. The van der Waals surface area contributed by atoms with E-state index in [4.69, 9.17) is 11.6 Å². The SMILES string of the molecule is Cc1ccc(C(Cl)CCC(F)(F)F)c(C)c1. The van der Waals surface area contributed by atoms with Gasteiger partial charge in [0, 0.05) is 6.42 Å². The van der Waals surface area contributed by atoms with E-state index >= 15 is 0 Å². The Balaban J connectivity index is 2.70. The van der Waals surface area contributed by atoms with E-state index in [-0.39, 0.29) is 6.42 Å². The largest absolute Gasteiger partial charge is 0.389 e. The lowest BCUT2D eigenvalue weighted by Crippen LogP contribution is -2.08. The van der Waals surface area contributed by atoms with Crippen molar-refractivity contribution in [1.29, 1.82) is 0 Å². The molecular formula is C12H14ClF3. The summed E-state index contributed by atoms with van der Waals surface area (Å²) < 4.78 is 36.1. The van der Waals surface area contributed by atoms with E-state index in [0.717, 1.165) is 16.7 Å². The van der Waals surface area contributed by atoms with Crippen molar-refractivity contribution in [3.8, 4) is 0 Å². The van der Waals surface area contributed by atoms with Gasteiger partial charge in [-0.05, 0) is 31.4 Å². The predicted molar refractivity (Wildman–Crippen MR) is 59.8 cm³/mol. The van der Waals surface area contributed by atoms with Gasteiger partial charge in [-0.25, -0.2) is 0 Å². The van der Waals surface area contributed by atoms with Crippen LogP contribution in [-0.4, -0.2) is 6.18 Å². The molecule has 0 aliphatic heterocycles. The molecule has 16 heavy (non-hydrogen) atoms. The molecule has 0 N–H and O–H groups in total. The maximum Gasteiger partial charge on any atom is 0.389 e. The van der Waals surface area contributed by atoms with E-state index in [2.05, 4.69) is 0 Å². The highest BCUT2D eigenvalue weighted by Gasteiger charge is 2.28. The second kappa shape index (κ2) is 5.09. The van der Waals surface area contributed by atoms with Gasteiger partial charge in [0.25, 0.3) is 0 Å². The van der Waals surface area contributed by atoms with Gasteiger partial charge in [-0.1, -0.05) is 23.8 Å². The van der Waals surface area contributed by atoms with Gasteiger partial charge in [0.05, 0.1) is 5.38 Å². The second-order valence-corrected chi connectivity index (χ2v) is 4.51. The minimum Gasteiger partial charge on any atom is -0.171 e. The van der Waals surface area contributed by atoms with Crippen LogP contribution in [0, 0.1) is 13.8 Å². The summed E-state index contributed by atoms with van der Waals surface area (Å²) in [7, 11) is 0. The minimum absolute atomic E-state index is 0.0744. The smallest absolute Gasteiger partial charge is 0.171 e. The Kier molecular flexibility index (Phi) is 4.25. The second-order valence-electron chi connectivity index (χ2n) is 3.98. The zero-order chi connectivity index (χ0) is 12.3.